The van der Waals surface area contributed by atoms with E-state index in [1.165, 1.54) is 6.20 Å². The first-order valence-electron chi connectivity index (χ1n) is 7.39. The number of piperazine rings is 1. The first-order chi connectivity index (χ1) is 10.0. The highest BCUT2D eigenvalue weighted by Crippen LogP contribution is 2.08. The number of likely N-dealkylation sites (N-methyl/N-ethyl adjacent to an activating group) is 1. The van der Waals surface area contributed by atoms with Gasteiger partial charge in [0.15, 0.2) is 0 Å². The molecule has 0 radical (unpaired) electrons. The van der Waals surface area contributed by atoms with Crippen LogP contribution in [-0.4, -0.2) is 68.5 Å². The van der Waals surface area contributed by atoms with Gasteiger partial charge in [-0.2, -0.15) is 0 Å². The molecule has 1 aromatic heterocycles. The third kappa shape index (κ3) is 4.47. The summed E-state index contributed by atoms with van der Waals surface area (Å²) in [5.41, 5.74) is 0. The van der Waals surface area contributed by atoms with Crippen LogP contribution in [0.15, 0.2) is 29.4 Å². The fourth-order valence-corrected chi connectivity index (χ4v) is 3.55. The van der Waals surface area contributed by atoms with Crippen LogP contribution >= 0.6 is 0 Å². The highest BCUT2D eigenvalue weighted by Gasteiger charge is 2.22. The topological polar surface area (TPSA) is 65.5 Å². The predicted molar refractivity (Wildman–Crippen MR) is 82.6 cm³/mol. The van der Waals surface area contributed by atoms with Crippen molar-refractivity contribution in [2.24, 2.45) is 0 Å². The van der Waals surface area contributed by atoms with Crippen molar-refractivity contribution >= 4 is 10.0 Å². The number of hydrogen-bond donors (Lipinski definition) is 1. The van der Waals surface area contributed by atoms with E-state index in [4.69, 9.17) is 0 Å². The van der Waals surface area contributed by atoms with E-state index < -0.39 is 10.0 Å². The van der Waals surface area contributed by atoms with E-state index in [0.717, 1.165) is 32.7 Å². The van der Waals surface area contributed by atoms with Crippen molar-refractivity contribution in [1.29, 1.82) is 0 Å². The van der Waals surface area contributed by atoms with E-state index in [9.17, 15) is 8.42 Å². The van der Waals surface area contributed by atoms with Gasteiger partial charge in [-0.3, -0.25) is 9.88 Å². The van der Waals surface area contributed by atoms with Crippen molar-refractivity contribution in [2.45, 2.75) is 24.8 Å². The monoisotopic (exact) mass is 312 g/mol. The summed E-state index contributed by atoms with van der Waals surface area (Å²) >= 11 is 0. The van der Waals surface area contributed by atoms with Crippen LogP contribution in [0.1, 0.15) is 13.8 Å². The number of sulfonamides is 1. The van der Waals surface area contributed by atoms with Crippen molar-refractivity contribution in [3.05, 3.63) is 24.5 Å². The molecule has 0 aliphatic carbocycles. The smallest absolute Gasteiger partial charge is 0.242 e. The Balaban J connectivity index is 1.85. The van der Waals surface area contributed by atoms with Crippen molar-refractivity contribution in [2.75, 3.05) is 39.3 Å². The van der Waals surface area contributed by atoms with Gasteiger partial charge in [0.2, 0.25) is 10.0 Å². The maximum atomic E-state index is 12.1. The zero-order chi connectivity index (χ0) is 15.3. The van der Waals surface area contributed by atoms with Crippen LogP contribution in [-0.2, 0) is 10.0 Å². The molecule has 0 amide bonds. The Bertz CT molecular complexity index is 527. The normalized spacial score (nSPS) is 19.5. The average molecular weight is 312 g/mol. The lowest BCUT2D eigenvalue weighted by Gasteiger charge is -2.37. The minimum atomic E-state index is -3.46. The van der Waals surface area contributed by atoms with E-state index >= 15 is 0 Å². The van der Waals surface area contributed by atoms with Gasteiger partial charge >= 0.3 is 0 Å². The van der Waals surface area contributed by atoms with Gasteiger partial charge in [0.1, 0.15) is 4.90 Å². The van der Waals surface area contributed by atoms with Gasteiger partial charge in [-0.25, -0.2) is 13.1 Å². The third-order valence-corrected chi connectivity index (χ3v) is 5.40. The summed E-state index contributed by atoms with van der Waals surface area (Å²) < 4.78 is 27.0. The fraction of sp³-hybridized carbons (Fsp3) is 0.643. The molecule has 7 heteroatoms. The predicted octanol–water partition coefficient (Wildman–Crippen LogP) is 0.386. The fourth-order valence-electron chi connectivity index (χ4n) is 2.47. The summed E-state index contributed by atoms with van der Waals surface area (Å²) in [6, 6.07) is 3.37. The van der Waals surface area contributed by atoms with Crippen LogP contribution in [0.5, 0.6) is 0 Å². The lowest BCUT2D eigenvalue weighted by Crippen LogP contribution is -2.52. The maximum Gasteiger partial charge on any atom is 0.242 e. The molecule has 1 unspecified atom stereocenters. The van der Waals surface area contributed by atoms with Crippen LogP contribution < -0.4 is 4.72 Å². The molecule has 1 atom stereocenters. The quantitative estimate of drug-likeness (QED) is 0.823. The van der Waals surface area contributed by atoms with Crippen LogP contribution in [0.25, 0.3) is 0 Å². The maximum absolute atomic E-state index is 12.1. The van der Waals surface area contributed by atoms with Crippen LogP contribution in [0.2, 0.25) is 0 Å². The molecule has 1 aliphatic rings. The second kappa shape index (κ2) is 7.31. The van der Waals surface area contributed by atoms with Gasteiger partial charge < -0.3 is 4.90 Å². The van der Waals surface area contributed by atoms with Crippen molar-refractivity contribution < 1.29 is 8.42 Å². The van der Waals surface area contributed by atoms with Gasteiger partial charge in [-0.05, 0) is 25.6 Å². The Morgan fingerprint density at radius 3 is 2.62 bits per heavy atom. The van der Waals surface area contributed by atoms with E-state index in [1.54, 1.807) is 18.3 Å². The SMILES string of the molecule is CCN1CCN(C(C)CNS(=O)(=O)c2cccnc2)CC1. The van der Waals surface area contributed by atoms with Crippen molar-refractivity contribution in [1.82, 2.24) is 19.5 Å². The number of hydrogen-bond acceptors (Lipinski definition) is 5. The summed E-state index contributed by atoms with van der Waals surface area (Å²) in [6.45, 7) is 9.81. The van der Waals surface area contributed by atoms with Crippen LogP contribution in [0.4, 0.5) is 0 Å². The van der Waals surface area contributed by atoms with E-state index in [-0.39, 0.29) is 10.9 Å². The van der Waals surface area contributed by atoms with E-state index in [2.05, 4.69) is 33.4 Å². The molecule has 0 spiro atoms. The second-order valence-corrected chi connectivity index (χ2v) is 7.13. The number of aromatic nitrogens is 1. The Morgan fingerprint density at radius 1 is 1.33 bits per heavy atom. The molecule has 1 aliphatic heterocycles. The molecular formula is C14H24N4O2S. The molecule has 2 rings (SSSR count). The Hall–Kier alpha value is -1.02. The Kier molecular flexibility index (Phi) is 5.69. The van der Waals surface area contributed by atoms with Crippen molar-refractivity contribution in [3.8, 4) is 0 Å². The standard InChI is InChI=1S/C14H24N4O2S/c1-3-17-7-9-18(10-8-17)13(2)11-16-21(19,20)14-5-4-6-15-12-14/h4-6,12-13,16H,3,7-11H2,1-2H3. The first kappa shape index (κ1) is 16.4. The van der Waals surface area contributed by atoms with Gasteiger partial charge in [0.25, 0.3) is 0 Å². The number of pyridine rings is 1. The molecule has 1 saturated heterocycles. The minimum absolute atomic E-state index is 0.190. The average Bonchev–Trinajstić information content (AvgIpc) is 2.53. The van der Waals surface area contributed by atoms with Gasteiger partial charge in [0, 0.05) is 51.2 Å². The highest BCUT2D eigenvalue weighted by atomic mass is 32.2. The molecule has 1 aromatic rings. The minimum Gasteiger partial charge on any atom is -0.301 e. The summed E-state index contributed by atoms with van der Waals surface area (Å²) in [4.78, 5) is 8.80. The molecular weight excluding hydrogens is 288 g/mol. The molecule has 2 heterocycles. The summed E-state index contributed by atoms with van der Waals surface area (Å²) in [6.07, 6.45) is 2.93. The Labute approximate surface area is 127 Å². The largest absolute Gasteiger partial charge is 0.301 e. The molecule has 0 aromatic carbocycles. The summed E-state index contributed by atoms with van der Waals surface area (Å²) in [5.74, 6) is 0. The molecule has 0 bridgehead atoms. The molecule has 1 N–H and O–H groups in total. The van der Waals surface area contributed by atoms with Crippen LogP contribution in [0, 0.1) is 0 Å². The van der Waals surface area contributed by atoms with Gasteiger partial charge in [0.05, 0.1) is 0 Å². The zero-order valence-corrected chi connectivity index (χ0v) is 13.5. The molecule has 1 fully saturated rings. The highest BCUT2D eigenvalue weighted by molar-refractivity contribution is 7.89. The lowest BCUT2D eigenvalue weighted by atomic mass is 10.2. The van der Waals surface area contributed by atoms with Crippen molar-refractivity contribution in [3.63, 3.8) is 0 Å². The third-order valence-electron chi connectivity index (χ3n) is 3.99. The van der Waals surface area contributed by atoms with E-state index in [1.807, 2.05) is 0 Å². The zero-order valence-electron chi connectivity index (χ0n) is 12.7. The van der Waals surface area contributed by atoms with Gasteiger partial charge in [-0.15, -0.1) is 0 Å². The lowest BCUT2D eigenvalue weighted by molar-refractivity contribution is 0.107. The number of rotatable bonds is 6. The van der Waals surface area contributed by atoms with Crippen LogP contribution in [0.3, 0.4) is 0 Å². The summed E-state index contributed by atoms with van der Waals surface area (Å²) in [5, 5.41) is 0. The molecule has 21 heavy (non-hydrogen) atoms. The Morgan fingerprint density at radius 2 is 2.05 bits per heavy atom. The number of nitrogens with one attached hydrogen (secondary N) is 1. The van der Waals surface area contributed by atoms with Gasteiger partial charge in [-0.1, -0.05) is 6.92 Å². The molecule has 118 valence electrons. The second-order valence-electron chi connectivity index (χ2n) is 5.36. The summed E-state index contributed by atoms with van der Waals surface area (Å²) in [7, 11) is -3.46. The molecule has 0 saturated carbocycles. The number of nitrogens with zero attached hydrogens (tertiary/aromatic N) is 3. The first-order valence-corrected chi connectivity index (χ1v) is 8.87. The molecule has 6 nitrogen and oxygen atoms in total. The van der Waals surface area contributed by atoms with E-state index in [0.29, 0.717) is 6.54 Å².